The number of carbonyl (C=O) groups excluding carboxylic acids is 1. The number of amides is 1. The van der Waals surface area contributed by atoms with Crippen LogP contribution in [0.4, 0.5) is 0 Å². The minimum Gasteiger partial charge on any atom is -0.395 e. The number of nitrogens with zero attached hydrogens (tertiary/aromatic N) is 2. The molecular weight excluding hydrogens is 228 g/mol. The van der Waals surface area contributed by atoms with E-state index < -0.39 is 0 Å². The summed E-state index contributed by atoms with van der Waals surface area (Å²) in [5.74, 6) is -0.114. The molecule has 4 heteroatoms. The van der Waals surface area contributed by atoms with Crippen LogP contribution in [0, 0.1) is 11.3 Å². The van der Waals surface area contributed by atoms with Gasteiger partial charge in [-0.2, -0.15) is 5.26 Å². The van der Waals surface area contributed by atoms with Gasteiger partial charge in [-0.3, -0.25) is 4.79 Å². The number of carbonyl (C=O) groups is 1. The summed E-state index contributed by atoms with van der Waals surface area (Å²) in [6.07, 6.45) is 1.81. The van der Waals surface area contributed by atoms with Crippen LogP contribution < -0.4 is 0 Å². The maximum Gasteiger partial charge on any atom is 0.253 e. The lowest BCUT2D eigenvalue weighted by Crippen LogP contribution is -2.29. The molecule has 1 aliphatic carbocycles. The van der Waals surface area contributed by atoms with Crippen LogP contribution in [0.25, 0.3) is 0 Å². The van der Waals surface area contributed by atoms with Crippen molar-refractivity contribution in [2.45, 2.75) is 18.3 Å². The van der Waals surface area contributed by atoms with Gasteiger partial charge in [-0.15, -0.1) is 0 Å². The molecule has 0 heterocycles. The molecule has 0 bridgehead atoms. The zero-order valence-electron chi connectivity index (χ0n) is 10.4. The van der Waals surface area contributed by atoms with Gasteiger partial charge in [0.05, 0.1) is 18.1 Å². The van der Waals surface area contributed by atoms with Crippen LogP contribution >= 0.6 is 0 Å². The third kappa shape index (κ3) is 2.22. The van der Waals surface area contributed by atoms with Crippen LogP contribution in [0.15, 0.2) is 24.3 Å². The van der Waals surface area contributed by atoms with Crippen molar-refractivity contribution in [1.82, 2.24) is 4.90 Å². The highest BCUT2D eigenvalue weighted by Crippen LogP contribution is 2.47. The summed E-state index contributed by atoms with van der Waals surface area (Å²) in [7, 11) is 1.66. The highest BCUT2D eigenvalue weighted by molar-refractivity contribution is 5.94. The average Bonchev–Trinajstić information content (AvgIpc) is 3.19. The zero-order chi connectivity index (χ0) is 13.2. The number of hydrogen-bond donors (Lipinski definition) is 1. The second kappa shape index (κ2) is 4.79. The molecule has 1 aromatic rings. The number of aliphatic hydroxyl groups excluding tert-OH is 1. The lowest BCUT2D eigenvalue weighted by Gasteiger charge is -2.16. The monoisotopic (exact) mass is 244 g/mol. The Balaban J connectivity index is 2.13. The van der Waals surface area contributed by atoms with E-state index in [9.17, 15) is 4.79 Å². The molecule has 1 aliphatic rings. The van der Waals surface area contributed by atoms with E-state index in [1.165, 1.54) is 4.90 Å². The molecule has 4 nitrogen and oxygen atoms in total. The average molecular weight is 244 g/mol. The van der Waals surface area contributed by atoms with Gasteiger partial charge in [0.2, 0.25) is 0 Å². The first-order chi connectivity index (χ1) is 8.63. The summed E-state index contributed by atoms with van der Waals surface area (Å²) < 4.78 is 0. The SMILES string of the molecule is CN(CCO)C(=O)c1ccc(C2(C#N)CC2)cc1. The minimum absolute atomic E-state index is 0.0438. The molecule has 0 saturated heterocycles. The lowest BCUT2D eigenvalue weighted by atomic mass is 9.96. The van der Waals surface area contributed by atoms with Crippen LogP contribution in [0.2, 0.25) is 0 Å². The standard InChI is InChI=1S/C14H16N2O2/c1-16(8-9-17)13(18)11-2-4-12(5-3-11)14(10-15)6-7-14/h2-5,17H,6-9H2,1H3. The Bertz CT molecular complexity index is 484. The fourth-order valence-electron chi connectivity index (χ4n) is 1.99. The molecular formula is C14H16N2O2. The Hall–Kier alpha value is -1.86. The van der Waals surface area contributed by atoms with Crippen LogP contribution in [-0.2, 0) is 5.41 Å². The Morgan fingerprint density at radius 2 is 2.06 bits per heavy atom. The van der Waals surface area contributed by atoms with Gasteiger partial charge in [0, 0.05) is 19.2 Å². The van der Waals surface area contributed by atoms with Gasteiger partial charge < -0.3 is 10.0 Å². The highest BCUT2D eigenvalue weighted by Gasteiger charge is 2.44. The van der Waals surface area contributed by atoms with E-state index >= 15 is 0 Å². The normalized spacial score (nSPS) is 15.8. The topological polar surface area (TPSA) is 64.3 Å². The number of benzene rings is 1. The van der Waals surface area contributed by atoms with E-state index in [1.807, 2.05) is 12.1 Å². The Labute approximate surface area is 106 Å². The summed E-state index contributed by atoms with van der Waals surface area (Å²) in [6, 6.07) is 9.55. The summed E-state index contributed by atoms with van der Waals surface area (Å²) in [6.45, 7) is 0.278. The fourth-order valence-corrected chi connectivity index (χ4v) is 1.99. The molecule has 0 aliphatic heterocycles. The molecule has 0 unspecified atom stereocenters. The molecule has 0 spiro atoms. The Morgan fingerprint density at radius 1 is 1.44 bits per heavy atom. The number of hydrogen-bond acceptors (Lipinski definition) is 3. The van der Waals surface area contributed by atoms with Gasteiger partial charge in [0.1, 0.15) is 0 Å². The van der Waals surface area contributed by atoms with Gasteiger partial charge in [-0.25, -0.2) is 0 Å². The van der Waals surface area contributed by atoms with Gasteiger partial charge in [-0.05, 0) is 30.5 Å². The van der Waals surface area contributed by atoms with Gasteiger partial charge in [0.25, 0.3) is 5.91 Å². The molecule has 1 N–H and O–H groups in total. The molecule has 0 aromatic heterocycles. The van der Waals surface area contributed by atoms with Crippen molar-refractivity contribution in [3.63, 3.8) is 0 Å². The van der Waals surface area contributed by atoms with Gasteiger partial charge in [0.15, 0.2) is 0 Å². The third-order valence-electron chi connectivity index (χ3n) is 3.43. The lowest BCUT2D eigenvalue weighted by molar-refractivity contribution is 0.0767. The smallest absolute Gasteiger partial charge is 0.253 e. The van der Waals surface area contributed by atoms with Crippen LogP contribution in [-0.4, -0.2) is 36.1 Å². The maximum absolute atomic E-state index is 11.9. The quantitative estimate of drug-likeness (QED) is 0.868. The molecule has 0 radical (unpaired) electrons. The summed E-state index contributed by atoms with van der Waals surface area (Å²) in [5, 5.41) is 17.9. The second-order valence-electron chi connectivity index (χ2n) is 4.72. The predicted molar refractivity (Wildman–Crippen MR) is 67.0 cm³/mol. The zero-order valence-corrected chi connectivity index (χ0v) is 10.4. The van der Waals surface area contributed by atoms with Crippen molar-refractivity contribution >= 4 is 5.91 Å². The summed E-state index contributed by atoms with van der Waals surface area (Å²) >= 11 is 0. The van der Waals surface area contributed by atoms with Crippen molar-refractivity contribution in [2.75, 3.05) is 20.2 Å². The fraction of sp³-hybridized carbons (Fsp3) is 0.429. The van der Waals surface area contributed by atoms with Crippen molar-refractivity contribution in [3.8, 4) is 6.07 Å². The van der Waals surface area contributed by atoms with Crippen molar-refractivity contribution in [2.24, 2.45) is 0 Å². The van der Waals surface area contributed by atoms with E-state index in [1.54, 1.807) is 19.2 Å². The summed E-state index contributed by atoms with van der Waals surface area (Å²) in [4.78, 5) is 13.4. The maximum atomic E-state index is 11.9. The van der Waals surface area contributed by atoms with Gasteiger partial charge >= 0.3 is 0 Å². The second-order valence-corrected chi connectivity index (χ2v) is 4.72. The molecule has 1 fully saturated rings. The molecule has 1 saturated carbocycles. The van der Waals surface area contributed by atoms with Crippen LogP contribution in [0.1, 0.15) is 28.8 Å². The number of nitriles is 1. The first kappa shape index (κ1) is 12.6. The van der Waals surface area contributed by atoms with Crippen molar-refractivity contribution < 1.29 is 9.90 Å². The molecule has 0 atom stereocenters. The number of rotatable bonds is 4. The van der Waals surface area contributed by atoms with Crippen LogP contribution in [0.3, 0.4) is 0 Å². The minimum atomic E-state index is -0.307. The largest absolute Gasteiger partial charge is 0.395 e. The molecule has 94 valence electrons. The van der Waals surface area contributed by atoms with E-state index in [0.717, 1.165) is 18.4 Å². The molecule has 2 rings (SSSR count). The van der Waals surface area contributed by atoms with E-state index in [4.69, 9.17) is 10.4 Å². The number of aliphatic hydroxyl groups is 1. The van der Waals surface area contributed by atoms with Crippen molar-refractivity contribution in [3.05, 3.63) is 35.4 Å². The molecule has 1 amide bonds. The first-order valence-corrected chi connectivity index (χ1v) is 6.01. The van der Waals surface area contributed by atoms with E-state index in [-0.39, 0.29) is 17.9 Å². The predicted octanol–water partition coefficient (Wildman–Crippen LogP) is 1.31. The highest BCUT2D eigenvalue weighted by atomic mass is 16.3. The van der Waals surface area contributed by atoms with E-state index in [2.05, 4.69) is 6.07 Å². The Kier molecular flexibility index (Phi) is 3.35. The molecule has 18 heavy (non-hydrogen) atoms. The van der Waals surface area contributed by atoms with E-state index in [0.29, 0.717) is 12.1 Å². The first-order valence-electron chi connectivity index (χ1n) is 6.01. The summed E-state index contributed by atoms with van der Waals surface area (Å²) in [5.41, 5.74) is 1.27. The number of likely N-dealkylation sites (N-methyl/N-ethyl adjacent to an activating group) is 1. The van der Waals surface area contributed by atoms with Crippen molar-refractivity contribution in [1.29, 1.82) is 5.26 Å². The third-order valence-corrected chi connectivity index (χ3v) is 3.43. The Morgan fingerprint density at radius 3 is 2.50 bits per heavy atom. The van der Waals surface area contributed by atoms with Crippen LogP contribution in [0.5, 0.6) is 0 Å². The molecule has 1 aromatic carbocycles. The van der Waals surface area contributed by atoms with Gasteiger partial charge in [-0.1, -0.05) is 12.1 Å².